The predicted molar refractivity (Wildman–Crippen MR) is 53.8 cm³/mol. The van der Waals surface area contributed by atoms with Gasteiger partial charge in [0.15, 0.2) is 0 Å². The summed E-state index contributed by atoms with van der Waals surface area (Å²) in [4.78, 5) is 22.9. The van der Waals surface area contributed by atoms with Crippen LogP contribution in [0.25, 0.3) is 11.3 Å². The zero-order valence-corrected chi connectivity index (χ0v) is 7.79. The van der Waals surface area contributed by atoms with Crippen molar-refractivity contribution in [2.75, 3.05) is 0 Å². The van der Waals surface area contributed by atoms with Gasteiger partial charge in [0.05, 0.1) is 11.3 Å². The number of amides is 1. The van der Waals surface area contributed by atoms with Crippen molar-refractivity contribution < 1.29 is 4.79 Å². The van der Waals surface area contributed by atoms with Crippen LogP contribution in [0, 0.1) is 0 Å². The molecule has 2 N–H and O–H groups in total. The van der Waals surface area contributed by atoms with Crippen LogP contribution < -0.4 is 5.73 Å². The van der Waals surface area contributed by atoms with Crippen molar-refractivity contribution in [2.45, 2.75) is 0 Å². The summed E-state index contributed by atoms with van der Waals surface area (Å²) in [6, 6.07) is 3.27. The molecule has 0 spiro atoms. The van der Waals surface area contributed by atoms with E-state index in [4.69, 9.17) is 5.73 Å². The van der Waals surface area contributed by atoms with Crippen LogP contribution in [-0.4, -0.2) is 20.9 Å². The summed E-state index contributed by atoms with van der Waals surface area (Å²) in [7, 11) is 0. The van der Waals surface area contributed by atoms with Crippen LogP contribution in [0.1, 0.15) is 10.4 Å². The van der Waals surface area contributed by atoms with E-state index in [9.17, 15) is 4.79 Å². The number of primary amides is 1. The van der Waals surface area contributed by atoms with E-state index in [1.807, 2.05) is 0 Å². The lowest BCUT2D eigenvalue weighted by atomic mass is 10.1. The van der Waals surface area contributed by atoms with Crippen molar-refractivity contribution in [2.24, 2.45) is 5.73 Å². The Labute approximate surface area is 86.0 Å². The summed E-state index contributed by atoms with van der Waals surface area (Å²) >= 11 is 0. The van der Waals surface area contributed by atoms with E-state index in [2.05, 4.69) is 15.0 Å². The van der Waals surface area contributed by atoms with Crippen molar-refractivity contribution in [1.82, 2.24) is 15.0 Å². The minimum absolute atomic E-state index is 0.406. The first-order valence-electron chi connectivity index (χ1n) is 4.29. The molecular formula is C10H8N4O. The lowest BCUT2D eigenvalue weighted by Gasteiger charge is -2.03. The quantitative estimate of drug-likeness (QED) is 0.771. The first-order chi connectivity index (χ1) is 7.29. The lowest BCUT2D eigenvalue weighted by Crippen LogP contribution is -2.12. The first kappa shape index (κ1) is 9.26. The van der Waals surface area contributed by atoms with Gasteiger partial charge >= 0.3 is 0 Å². The zero-order chi connectivity index (χ0) is 10.7. The third-order valence-electron chi connectivity index (χ3n) is 1.94. The molecule has 2 heterocycles. The Morgan fingerprint density at radius 2 is 2.00 bits per heavy atom. The summed E-state index contributed by atoms with van der Waals surface area (Å²) in [6.07, 6.45) is 6.08. The maximum Gasteiger partial charge on any atom is 0.249 e. The molecule has 74 valence electrons. The van der Waals surface area contributed by atoms with Crippen LogP contribution >= 0.6 is 0 Å². The average Bonchev–Trinajstić information content (AvgIpc) is 2.30. The van der Waals surface area contributed by atoms with Crippen molar-refractivity contribution in [3.05, 3.63) is 42.6 Å². The lowest BCUT2D eigenvalue weighted by molar-refractivity contribution is 0.100. The summed E-state index contributed by atoms with van der Waals surface area (Å²) in [5.41, 5.74) is 6.90. The highest BCUT2D eigenvalue weighted by molar-refractivity contribution is 5.99. The van der Waals surface area contributed by atoms with Gasteiger partial charge in [0.1, 0.15) is 6.33 Å². The first-order valence-corrected chi connectivity index (χ1v) is 4.29. The zero-order valence-electron chi connectivity index (χ0n) is 7.79. The minimum Gasteiger partial charge on any atom is -0.366 e. The van der Waals surface area contributed by atoms with E-state index in [0.29, 0.717) is 16.8 Å². The number of nitrogens with two attached hydrogens (primary N) is 1. The minimum atomic E-state index is -0.494. The van der Waals surface area contributed by atoms with Crippen molar-refractivity contribution in [3.63, 3.8) is 0 Å². The van der Waals surface area contributed by atoms with E-state index in [1.165, 1.54) is 12.5 Å². The third kappa shape index (κ3) is 1.80. The highest BCUT2D eigenvalue weighted by Gasteiger charge is 2.09. The van der Waals surface area contributed by atoms with Gasteiger partial charge in [0.25, 0.3) is 0 Å². The van der Waals surface area contributed by atoms with Crippen LogP contribution in [0.3, 0.4) is 0 Å². The number of hydrogen-bond acceptors (Lipinski definition) is 4. The molecule has 0 fully saturated rings. The molecule has 2 aromatic heterocycles. The van der Waals surface area contributed by atoms with Crippen molar-refractivity contribution in [1.29, 1.82) is 0 Å². The summed E-state index contributed by atoms with van der Waals surface area (Å²) in [5, 5.41) is 0. The fourth-order valence-electron chi connectivity index (χ4n) is 1.26. The number of pyridine rings is 1. The molecule has 1 amide bonds. The van der Waals surface area contributed by atoms with Gasteiger partial charge in [-0.1, -0.05) is 0 Å². The van der Waals surface area contributed by atoms with Gasteiger partial charge < -0.3 is 5.73 Å². The van der Waals surface area contributed by atoms with E-state index in [-0.39, 0.29) is 0 Å². The number of hydrogen-bond donors (Lipinski definition) is 1. The topological polar surface area (TPSA) is 81.8 Å². The third-order valence-corrected chi connectivity index (χ3v) is 1.94. The van der Waals surface area contributed by atoms with Crippen LogP contribution in [0.15, 0.2) is 37.1 Å². The number of carbonyl (C=O) groups is 1. The molecule has 0 aliphatic carbocycles. The molecule has 0 atom stereocenters. The number of nitrogens with zero attached hydrogens (tertiary/aromatic N) is 3. The Morgan fingerprint density at radius 1 is 1.20 bits per heavy atom. The number of aromatic nitrogens is 3. The SMILES string of the molecule is NC(=O)c1ccncc1-c1ccncn1. The molecule has 0 saturated heterocycles. The van der Waals surface area contributed by atoms with Crippen LogP contribution in [0.5, 0.6) is 0 Å². The van der Waals surface area contributed by atoms with Gasteiger partial charge in [-0.2, -0.15) is 0 Å². The van der Waals surface area contributed by atoms with Gasteiger partial charge in [-0.25, -0.2) is 9.97 Å². The predicted octanol–water partition coefficient (Wildman–Crippen LogP) is 0.637. The van der Waals surface area contributed by atoms with E-state index < -0.39 is 5.91 Å². The molecule has 2 rings (SSSR count). The standard InChI is InChI=1S/C10H8N4O/c11-10(15)7-1-3-12-5-8(7)9-2-4-13-6-14-9/h1-6H,(H2,11,15). The fraction of sp³-hybridized carbons (Fsp3) is 0. The van der Waals surface area contributed by atoms with E-state index in [0.717, 1.165) is 0 Å². The molecule has 0 radical (unpaired) electrons. The van der Waals surface area contributed by atoms with Gasteiger partial charge in [-0.05, 0) is 12.1 Å². The summed E-state index contributed by atoms with van der Waals surface area (Å²) < 4.78 is 0. The normalized spacial score (nSPS) is 9.87. The van der Waals surface area contributed by atoms with Crippen molar-refractivity contribution >= 4 is 5.91 Å². The van der Waals surface area contributed by atoms with Gasteiger partial charge in [0.2, 0.25) is 5.91 Å². The second-order valence-corrected chi connectivity index (χ2v) is 2.88. The second-order valence-electron chi connectivity index (χ2n) is 2.88. The Hall–Kier alpha value is -2.30. The van der Waals surface area contributed by atoms with E-state index in [1.54, 1.807) is 24.5 Å². The maximum atomic E-state index is 11.1. The van der Waals surface area contributed by atoms with E-state index >= 15 is 0 Å². The van der Waals surface area contributed by atoms with Gasteiger partial charge in [-0.3, -0.25) is 9.78 Å². The molecule has 15 heavy (non-hydrogen) atoms. The largest absolute Gasteiger partial charge is 0.366 e. The Bertz CT molecular complexity index is 484. The average molecular weight is 200 g/mol. The molecule has 0 aromatic carbocycles. The second kappa shape index (κ2) is 3.83. The molecule has 0 saturated carbocycles. The van der Waals surface area contributed by atoms with Crippen LogP contribution in [0.2, 0.25) is 0 Å². The number of rotatable bonds is 2. The Balaban J connectivity index is 2.58. The molecule has 5 nitrogen and oxygen atoms in total. The molecule has 0 bridgehead atoms. The van der Waals surface area contributed by atoms with Gasteiger partial charge in [-0.15, -0.1) is 0 Å². The smallest absolute Gasteiger partial charge is 0.249 e. The van der Waals surface area contributed by atoms with Crippen molar-refractivity contribution in [3.8, 4) is 11.3 Å². The van der Waals surface area contributed by atoms with Crippen LogP contribution in [0.4, 0.5) is 0 Å². The molecule has 2 aromatic rings. The van der Waals surface area contributed by atoms with Gasteiger partial charge in [0, 0.05) is 24.2 Å². The molecular weight excluding hydrogens is 192 g/mol. The highest BCUT2D eigenvalue weighted by atomic mass is 16.1. The van der Waals surface area contributed by atoms with Crippen LogP contribution in [-0.2, 0) is 0 Å². The summed E-state index contributed by atoms with van der Waals surface area (Å²) in [6.45, 7) is 0. The highest BCUT2D eigenvalue weighted by Crippen LogP contribution is 2.18. The number of carbonyl (C=O) groups excluding carboxylic acids is 1. The maximum absolute atomic E-state index is 11.1. The monoisotopic (exact) mass is 200 g/mol. The molecule has 5 heteroatoms. The summed E-state index contributed by atoms with van der Waals surface area (Å²) in [5.74, 6) is -0.494. The molecule has 0 aliphatic heterocycles. The Morgan fingerprint density at radius 3 is 2.67 bits per heavy atom. The molecule has 0 aliphatic rings. The Kier molecular flexibility index (Phi) is 2.37. The fourth-order valence-corrected chi connectivity index (χ4v) is 1.26. The molecule has 0 unspecified atom stereocenters.